The molecule has 14 nitrogen and oxygen atoms in total. The number of imide groups is 1. The fraction of sp³-hybridized carbons (Fsp3) is 0.366. The number of piperidine rings is 2. The van der Waals surface area contributed by atoms with Gasteiger partial charge < -0.3 is 30.5 Å². The van der Waals surface area contributed by atoms with Crippen molar-refractivity contribution in [1.29, 1.82) is 5.26 Å². The molecule has 4 heterocycles. The molecule has 4 aromatic rings. The van der Waals surface area contributed by atoms with Crippen LogP contribution in [-0.2, 0) is 20.6 Å². The van der Waals surface area contributed by atoms with Crippen LogP contribution in [0.25, 0.3) is 0 Å². The zero-order valence-electron chi connectivity index (χ0n) is 31.8. The van der Waals surface area contributed by atoms with Crippen LogP contribution in [0.2, 0.25) is 0 Å². The summed E-state index contributed by atoms with van der Waals surface area (Å²) in [6.45, 7) is 4.35. The van der Waals surface area contributed by atoms with Gasteiger partial charge in [-0.15, -0.1) is 0 Å². The number of hydrogen-bond donors (Lipinski definition) is 4. The van der Waals surface area contributed by atoms with Gasteiger partial charge in [-0.3, -0.25) is 24.6 Å². The van der Waals surface area contributed by atoms with E-state index in [4.69, 9.17) is 4.74 Å². The Morgan fingerprint density at radius 3 is 2.40 bits per heavy atom. The molecule has 3 fully saturated rings. The third-order valence-electron chi connectivity index (χ3n) is 10.7. The van der Waals surface area contributed by atoms with Crippen molar-refractivity contribution in [2.75, 3.05) is 73.8 Å². The molecular formula is C41H43F3N10O4. The summed E-state index contributed by atoms with van der Waals surface area (Å²) < 4.78 is 47.2. The molecule has 0 radical (unpaired) electrons. The van der Waals surface area contributed by atoms with Crippen molar-refractivity contribution in [3.8, 4) is 11.8 Å². The predicted octanol–water partition coefficient (Wildman–Crippen LogP) is 5.61. The van der Waals surface area contributed by atoms with Crippen LogP contribution in [-0.4, -0.2) is 96.5 Å². The second-order valence-electron chi connectivity index (χ2n) is 14.5. The van der Waals surface area contributed by atoms with Crippen LogP contribution in [0.4, 0.5) is 47.7 Å². The highest BCUT2D eigenvalue weighted by atomic mass is 19.4. The lowest BCUT2D eigenvalue weighted by Crippen LogP contribution is -2.51. The number of halogens is 3. The maximum Gasteiger partial charge on any atom is 0.421 e. The van der Waals surface area contributed by atoms with Gasteiger partial charge in [0.25, 0.3) is 0 Å². The maximum absolute atomic E-state index is 13.9. The van der Waals surface area contributed by atoms with Crippen molar-refractivity contribution in [1.82, 2.24) is 25.1 Å². The van der Waals surface area contributed by atoms with Crippen molar-refractivity contribution >= 4 is 52.2 Å². The number of amides is 3. The molecule has 0 bridgehead atoms. The quantitative estimate of drug-likeness (QED) is 0.139. The van der Waals surface area contributed by atoms with Gasteiger partial charge in [0.2, 0.25) is 23.7 Å². The number of nitrogens with one attached hydrogen (secondary N) is 4. The molecule has 3 aliphatic rings. The lowest BCUT2D eigenvalue weighted by atomic mass is 9.89. The third-order valence-corrected chi connectivity index (χ3v) is 10.7. The van der Waals surface area contributed by atoms with Crippen molar-refractivity contribution in [2.24, 2.45) is 0 Å². The Kier molecular flexibility index (Phi) is 11.9. The number of hydrogen-bond acceptors (Lipinski definition) is 12. The molecule has 0 aliphatic carbocycles. The predicted molar refractivity (Wildman–Crippen MR) is 211 cm³/mol. The summed E-state index contributed by atoms with van der Waals surface area (Å²) >= 11 is 0. The Morgan fingerprint density at radius 1 is 0.948 bits per heavy atom. The molecule has 3 aliphatic heterocycles. The second-order valence-corrected chi connectivity index (χ2v) is 14.5. The maximum atomic E-state index is 13.9. The number of anilines is 6. The lowest BCUT2D eigenvalue weighted by molar-refractivity contribution is -0.137. The largest absolute Gasteiger partial charge is 0.494 e. The zero-order chi connectivity index (χ0) is 40.8. The number of alkyl halides is 3. The zero-order valence-corrected chi connectivity index (χ0v) is 31.8. The molecule has 0 saturated carbocycles. The molecule has 1 aromatic heterocycles. The summed E-state index contributed by atoms with van der Waals surface area (Å²) in [6, 6.07) is 21.2. The molecular weight excluding hydrogens is 754 g/mol. The van der Waals surface area contributed by atoms with E-state index in [1.54, 1.807) is 18.2 Å². The summed E-state index contributed by atoms with van der Waals surface area (Å²) in [7, 11) is 1.49. The van der Waals surface area contributed by atoms with Crippen molar-refractivity contribution < 1.29 is 32.3 Å². The number of benzene rings is 3. The molecule has 7 rings (SSSR count). The molecule has 0 spiro atoms. The van der Waals surface area contributed by atoms with Gasteiger partial charge in [-0.2, -0.15) is 23.4 Å². The molecule has 1 atom stereocenters. The van der Waals surface area contributed by atoms with Gasteiger partial charge in [-0.1, -0.05) is 18.2 Å². The topological polar surface area (TPSA) is 168 Å². The Hall–Kier alpha value is -6.41. The highest BCUT2D eigenvalue weighted by Gasteiger charge is 2.36. The van der Waals surface area contributed by atoms with Gasteiger partial charge in [0.15, 0.2) is 0 Å². The van der Waals surface area contributed by atoms with Gasteiger partial charge in [0.05, 0.1) is 31.0 Å². The Bertz CT molecular complexity index is 2180. The van der Waals surface area contributed by atoms with Gasteiger partial charge in [0, 0.05) is 61.9 Å². The highest BCUT2D eigenvalue weighted by Crippen LogP contribution is 2.37. The number of likely N-dealkylation sites (tertiary alicyclic amines) is 1. The van der Waals surface area contributed by atoms with Crippen LogP contribution in [0.15, 0.2) is 72.9 Å². The first-order valence-electron chi connectivity index (χ1n) is 19.1. The molecule has 17 heteroatoms. The standard InChI is InChI=1S/C41H43F3N10O4/c1-58-35-22-31(9-10-33(35)49-40-46-24-32(41(42,43)44)38(51-40)48-30-4-2-3-26(21-30)23-45)53-17-19-54(20-18-53)37(56)25-52-15-13-28(14-16-52)27-5-7-29(8-6-27)47-34-11-12-36(55)50-39(34)57/h2-10,21-22,24,28,34,47H,11-20,25H2,1H3,(H,50,55,57)(H2,46,48,49,51). The fourth-order valence-electron chi connectivity index (χ4n) is 7.46. The molecule has 4 N–H and O–H groups in total. The molecule has 3 amide bonds. The van der Waals surface area contributed by atoms with Crippen molar-refractivity contribution in [2.45, 2.75) is 43.8 Å². The molecule has 302 valence electrons. The average molecular weight is 797 g/mol. The van der Waals surface area contributed by atoms with E-state index in [9.17, 15) is 32.8 Å². The monoisotopic (exact) mass is 796 g/mol. The third kappa shape index (κ3) is 9.57. The summed E-state index contributed by atoms with van der Waals surface area (Å²) in [5.41, 5.74) is 2.86. The van der Waals surface area contributed by atoms with E-state index in [-0.39, 0.29) is 34.9 Å². The average Bonchev–Trinajstić information content (AvgIpc) is 3.22. The second kappa shape index (κ2) is 17.4. The number of methoxy groups -OCH3 is 1. The number of nitrogens with zero attached hydrogens (tertiary/aromatic N) is 6. The minimum absolute atomic E-state index is 0.0930. The first kappa shape index (κ1) is 39.8. The van der Waals surface area contributed by atoms with Crippen LogP contribution in [0, 0.1) is 11.3 Å². The van der Waals surface area contributed by atoms with E-state index in [2.05, 4.69) is 53.2 Å². The summed E-state index contributed by atoms with van der Waals surface area (Å²) in [6.07, 6.45) is -1.35. The Morgan fingerprint density at radius 2 is 1.71 bits per heavy atom. The van der Waals surface area contributed by atoms with E-state index < -0.39 is 23.6 Å². The van der Waals surface area contributed by atoms with E-state index in [1.165, 1.54) is 24.8 Å². The first-order valence-corrected chi connectivity index (χ1v) is 19.1. The summed E-state index contributed by atoms with van der Waals surface area (Å²) in [5.74, 6) is -0.189. The van der Waals surface area contributed by atoms with Gasteiger partial charge >= 0.3 is 6.18 Å². The smallest absolute Gasteiger partial charge is 0.421 e. The minimum atomic E-state index is -4.73. The summed E-state index contributed by atoms with van der Waals surface area (Å²) in [4.78, 5) is 51.2. The number of carbonyl (C=O) groups excluding carboxylic acids is 3. The van der Waals surface area contributed by atoms with Gasteiger partial charge in [-0.25, -0.2) is 4.98 Å². The van der Waals surface area contributed by atoms with E-state index in [1.807, 2.05) is 35.2 Å². The van der Waals surface area contributed by atoms with Crippen LogP contribution in [0.1, 0.15) is 48.3 Å². The van der Waals surface area contributed by atoms with E-state index in [0.29, 0.717) is 69.1 Å². The van der Waals surface area contributed by atoms with E-state index >= 15 is 0 Å². The van der Waals surface area contributed by atoms with Gasteiger partial charge in [0.1, 0.15) is 23.2 Å². The molecule has 3 aromatic carbocycles. The number of piperazine rings is 1. The number of nitriles is 1. The normalized spacial score (nSPS) is 17.9. The number of carbonyl (C=O) groups is 3. The fourth-order valence-corrected chi connectivity index (χ4v) is 7.46. The molecule has 58 heavy (non-hydrogen) atoms. The number of aromatic nitrogens is 2. The van der Waals surface area contributed by atoms with Crippen LogP contribution < -0.4 is 30.9 Å². The van der Waals surface area contributed by atoms with Crippen LogP contribution >= 0.6 is 0 Å². The molecule has 1 unspecified atom stereocenters. The SMILES string of the molecule is COc1cc(N2CCN(C(=O)CN3CCC(c4ccc(NC5CCC(=O)NC5=O)cc4)CC3)CC2)ccc1Nc1ncc(C(F)(F)F)c(Nc2cccc(C#N)c2)n1. The minimum Gasteiger partial charge on any atom is -0.494 e. The van der Waals surface area contributed by atoms with Crippen molar-refractivity contribution in [3.05, 3.63) is 89.6 Å². The Balaban J connectivity index is 0.894. The summed E-state index contributed by atoms with van der Waals surface area (Å²) in [5, 5.41) is 20.4. The Labute approximate surface area is 333 Å². The molecule has 3 saturated heterocycles. The number of ether oxygens (including phenoxy) is 1. The number of rotatable bonds is 11. The van der Waals surface area contributed by atoms with Gasteiger partial charge in [-0.05, 0) is 86.3 Å². The van der Waals surface area contributed by atoms with Crippen LogP contribution in [0.5, 0.6) is 5.75 Å². The van der Waals surface area contributed by atoms with Crippen molar-refractivity contribution in [3.63, 3.8) is 0 Å². The highest BCUT2D eigenvalue weighted by molar-refractivity contribution is 6.01. The first-order chi connectivity index (χ1) is 27.9. The van der Waals surface area contributed by atoms with E-state index in [0.717, 1.165) is 37.3 Å². The van der Waals surface area contributed by atoms with Crippen LogP contribution in [0.3, 0.4) is 0 Å². The lowest BCUT2D eigenvalue weighted by Gasteiger charge is -2.38.